The fraction of sp³-hybridized carbons (Fsp3) is 0.0667. The van der Waals surface area contributed by atoms with Crippen molar-refractivity contribution in [2.45, 2.75) is 6.92 Å². The molecule has 0 fully saturated rings. The third-order valence-corrected chi connectivity index (χ3v) is 4.50. The average Bonchev–Trinajstić information content (AvgIpc) is 2.41. The molecule has 0 spiro atoms. The first-order valence-electron chi connectivity index (χ1n) is 6.05. The van der Waals surface area contributed by atoms with Crippen LogP contribution in [0.1, 0.15) is 21.5 Å². The molecular formula is C15H12Br2N2OS. The molecule has 0 bridgehead atoms. The number of nitrogens with two attached hydrogens (primary N) is 1. The van der Waals surface area contributed by atoms with Gasteiger partial charge in [-0.05, 0) is 42.8 Å². The molecule has 108 valence electrons. The van der Waals surface area contributed by atoms with Crippen LogP contribution in [0.4, 0.5) is 5.69 Å². The molecule has 0 heterocycles. The van der Waals surface area contributed by atoms with E-state index in [0.717, 1.165) is 14.5 Å². The fourth-order valence-corrected chi connectivity index (χ4v) is 2.68. The van der Waals surface area contributed by atoms with Gasteiger partial charge in [-0.25, -0.2) is 0 Å². The summed E-state index contributed by atoms with van der Waals surface area (Å²) in [7, 11) is 0. The molecule has 2 aromatic rings. The molecule has 2 aromatic carbocycles. The molecule has 0 unspecified atom stereocenters. The van der Waals surface area contributed by atoms with E-state index in [1.54, 1.807) is 24.3 Å². The lowest BCUT2D eigenvalue weighted by Crippen LogP contribution is -2.17. The monoisotopic (exact) mass is 426 g/mol. The van der Waals surface area contributed by atoms with E-state index in [0.29, 0.717) is 16.8 Å². The highest BCUT2D eigenvalue weighted by molar-refractivity contribution is 9.10. The van der Waals surface area contributed by atoms with Crippen LogP contribution in [0.5, 0.6) is 0 Å². The number of benzene rings is 2. The number of carbonyl (C=O) groups excluding carboxylic acids is 1. The molecule has 0 aromatic heterocycles. The molecule has 6 heteroatoms. The van der Waals surface area contributed by atoms with Gasteiger partial charge in [0.1, 0.15) is 4.99 Å². The quantitative estimate of drug-likeness (QED) is 0.713. The summed E-state index contributed by atoms with van der Waals surface area (Å²) in [6.45, 7) is 1.96. The van der Waals surface area contributed by atoms with Crippen LogP contribution in [-0.2, 0) is 0 Å². The summed E-state index contributed by atoms with van der Waals surface area (Å²) in [5.74, 6) is -0.216. The Morgan fingerprint density at radius 2 is 1.90 bits per heavy atom. The van der Waals surface area contributed by atoms with E-state index >= 15 is 0 Å². The van der Waals surface area contributed by atoms with Crippen molar-refractivity contribution in [2.24, 2.45) is 5.73 Å². The van der Waals surface area contributed by atoms with Crippen molar-refractivity contribution < 1.29 is 4.79 Å². The summed E-state index contributed by atoms with van der Waals surface area (Å²) >= 11 is 11.8. The Hall–Kier alpha value is -1.24. The van der Waals surface area contributed by atoms with E-state index in [9.17, 15) is 4.79 Å². The predicted octanol–water partition coefficient (Wildman–Crippen LogP) is 4.41. The summed E-state index contributed by atoms with van der Waals surface area (Å²) in [5, 5.41) is 2.84. The normalized spacial score (nSPS) is 10.2. The number of rotatable bonds is 3. The Morgan fingerprint density at radius 1 is 1.19 bits per heavy atom. The van der Waals surface area contributed by atoms with E-state index in [4.69, 9.17) is 18.0 Å². The molecule has 3 nitrogen and oxygen atoms in total. The maximum absolute atomic E-state index is 12.3. The van der Waals surface area contributed by atoms with Gasteiger partial charge in [-0.15, -0.1) is 0 Å². The third kappa shape index (κ3) is 3.90. The molecular weight excluding hydrogens is 416 g/mol. The Balaban J connectivity index is 2.33. The Morgan fingerprint density at radius 3 is 2.52 bits per heavy atom. The minimum absolute atomic E-state index is 0.216. The van der Waals surface area contributed by atoms with Crippen LogP contribution >= 0.6 is 44.1 Å². The van der Waals surface area contributed by atoms with Gasteiger partial charge in [0.25, 0.3) is 5.91 Å². The zero-order valence-electron chi connectivity index (χ0n) is 11.1. The zero-order valence-corrected chi connectivity index (χ0v) is 15.1. The standard InChI is InChI=1S/C15H12Br2N2OS/c1-8-2-3-9(6-12(8)17)15(20)19-13-7-10(16)4-5-11(13)14(18)21/h2-7H,1H3,(H2,18,21)(H,19,20). The molecule has 0 aliphatic rings. The summed E-state index contributed by atoms with van der Waals surface area (Å²) < 4.78 is 1.72. The van der Waals surface area contributed by atoms with E-state index < -0.39 is 0 Å². The lowest BCUT2D eigenvalue weighted by Gasteiger charge is -2.11. The minimum Gasteiger partial charge on any atom is -0.389 e. The van der Waals surface area contributed by atoms with E-state index in [-0.39, 0.29) is 10.9 Å². The molecule has 0 radical (unpaired) electrons. The third-order valence-electron chi connectivity index (χ3n) is 2.93. The number of hydrogen-bond acceptors (Lipinski definition) is 2. The lowest BCUT2D eigenvalue weighted by atomic mass is 10.1. The van der Waals surface area contributed by atoms with Gasteiger partial charge in [-0.1, -0.05) is 50.1 Å². The zero-order chi connectivity index (χ0) is 15.6. The second kappa shape index (κ2) is 6.68. The highest BCUT2D eigenvalue weighted by atomic mass is 79.9. The highest BCUT2D eigenvalue weighted by Crippen LogP contribution is 2.23. The van der Waals surface area contributed by atoms with E-state index in [1.807, 2.05) is 19.1 Å². The number of carbonyl (C=O) groups is 1. The van der Waals surface area contributed by atoms with Gasteiger partial charge in [0, 0.05) is 20.1 Å². The lowest BCUT2D eigenvalue weighted by molar-refractivity contribution is 0.102. The van der Waals surface area contributed by atoms with Crippen molar-refractivity contribution in [3.63, 3.8) is 0 Å². The van der Waals surface area contributed by atoms with Crippen molar-refractivity contribution in [3.05, 3.63) is 62.0 Å². The maximum Gasteiger partial charge on any atom is 0.255 e. The SMILES string of the molecule is Cc1ccc(C(=O)Nc2cc(Br)ccc2C(N)=S)cc1Br. The van der Waals surface area contributed by atoms with Gasteiger partial charge in [-0.2, -0.15) is 0 Å². The smallest absolute Gasteiger partial charge is 0.255 e. The van der Waals surface area contributed by atoms with Gasteiger partial charge >= 0.3 is 0 Å². The molecule has 0 atom stereocenters. The number of anilines is 1. The predicted molar refractivity (Wildman–Crippen MR) is 96.9 cm³/mol. The molecule has 21 heavy (non-hydrogen) atoms. The van der Waals surface area contributed by atoms with Gasteiger partial charge in [0.05, 0.1) is 5.69 Å². The summed E-state index contributed by atoms with van der Waals surface area (Å²) in [4.78, 5) is 12.6. The topological polar surface area (TPSA) is 55.1 Å². The fourth-order valence-electron chi connectivity index (χ4n) is 1.76. The second-order valence-electron chi connectivity index (χ2n) is 4.47. The maximum atomic E-state index is 12.3. The molecule has 0 aliphatic heterocycles. The number of thiocarbonyl (C=S) groups is 1. The van der Waals surface area contributed by atoms with Crippen molar-refractivity contribution in [2.75, 3.05) is 5.32 Å². The summed E-state index contributed by atoms with van der Waals surface area (Å²) in [5.41, 5.74) is 8.52. The number of amides is 1. The highest BCUT2D eigenvalue weighted by Gasteiger charge is 2.12. The van der Waals surface area contributed by atoms with Crippen molar-refractivity contribution in [1.82, 2.24) is 0 Å². The Bertz CT molecular complexity index is 732. The van der Waals surface area contributed by atoms with E-state index in [1.165, 1.54) is 0 Å². The second-order valence-corrected chi connectivity index (χ2v) is 6.68. The van der Waals surface area contributed by atoms with Crippen molar-refractivity contribution in [1.29, 1.82) is 0 Å². The van der Waals surface area contributed by atoms with Crippen LogP contribution < -0.4 is 11.1 Å². The van der Waals surface area contributed by atoms with Crippen LogP contribution in [0.3, 0.4) is 0 Å². The van der Waals surface area contributed by atoms with Crippen LogP contribution in [0.2, 0.25) is 0 Å². The van der Waals surface area contributed by atoms with Gasteiger partial charge in [-0.3, -0.25) is 4.79 Å². The minimum atomic E-state index is -0.216. The van der Waals surface area contributed by atoms with Crippen LogP contribution in [-0.4, -0.2) is 10.9 Å². The first kappa shape index (κ1) is 16.1. The largest absolute Gasteiger partial charge is 0.389 e. The number of hydrogen-bond donors (Lipinski definition) is 2. The van der Waals surface area contributed by atoms with Crippen molar-refractivity contribution in [3.8, 4) is 0 Å². The average molecular weight is 428 g/mol. The van der Waals surface area contributed by atoms with Gasteiger partial charge < -0.3 is 11.1 Å². The molecule has 0 aliphatic carbocycles. The number of aryl methyl sites for hydroxylation is 1. The van der Waals surface area contributed by atoms with Crippen LogP contribution in [0, 0.1) is 6.92 Å². The molecule has 0 saturated heterocycles. The van der Waals surface area contributed by atoms with Crippen molar-refractivity contribution >= 4 is 60.7 Å². The molecule has 2 rings (SSSR count). The molecule has 0 saturated carbocycles. The first-order chi connectivity index (χ1) is 9.88. The molecule has 1 amide bonds. The van der Waals surface area contributed by atoms with Gasteiger partial charge in [0.15, 0.2) is 0 Å². The molecule has 3 N–H and O–H groups in total. The number of halogens is 2. The Kier molecular flexibility index (Phi) is 5.13. The van der Waals surface area contributed by atoms with Crippen LogP contribution in [0.15, 0.2) is 45.3 Å². The summed E-state index contributed by atoms with van der Waals surface area (Å²) in [6, 6.07) is 10.8. The first-order valence-corrected chi connectivity index (χ1v) is 8.05. The van der Waals surface area contributed by atoms with Gasteiger partial charge in [0.2, 0.25) is 0 Å². The van der Waals surface area contributed by atoms with Crippen LogP contribution in [0.25, 0.3) is 0 Å². The van der Waals surface area contributed by atoms with E-state index in [2.05, 4.69) is 37.2 Å². The summed E-state index contributed by atoms with van der Waals surface area (Å²) in [6.07, 6.45) is 0. The Labute approximate surface area is 145 Å². The number of nitrogens with one attached hydrogen (secondary N) is 1.